The molecule has 0 radical (unpaired) electrons. The third-order valence-corrected chi connectivity index (χ3v) is 3.73. The van der Waals surface area contributed by atoms with Gasteiger partial charge < -0.3 is 10.2 Å². The van der Waals surface area contributed by atoms with Crippen LogP contribution in [0.25, 0.3) is 0 Å². The molecular formula is C14H21N3O2. The first-order valence-electron chi connectivity index (χ1n) is 6.86. The molecule has 19 heavy (non-hydrogen) atoms. The van der Waals surface area contributed by atoms with E-state index < -0.39 is 0 Å². The minimum absolute atomic E-state index is 0.186. The van der Waals surface area contributed by atoms with Crippen molar-refractivity contribution in [1.82, 2.24) is 0 Å². The number of nitro benzene ring substituents is 1. The molecule has 0 amide bonds. The van der Waals surface area contributed by atoms with Crippen molar-refractivity contribution in [3.63, 3.8) is 0 Å². The minimum atomic E-state index is -0.287. The van der Waals surface area contributed by atoms with E-state index in [1.807, 2.05) is 31.0 Å². The summed E-state index contributed by atoms with van der Waals surface area (Å²) in [4.78, 5) is 13.1. The van der Waals surface area contributed by atoms with E-state index in [2.05, 4.69) is 5.32 Å². The van der Waals surface area contributed by atoms with Gasteiger partial charge in [-0.05, 0) is 37.8 Å². The fraction of sp³-hybridized carbons (Fsp3) is 0.571. The summed E-state index contributed by atoms with van der Waals surface area (Å²) in [5, 5.41) is 14.4. The molecule has 0 atom stereocenters. The average molecular weight is 263 g/mol. The molecule has 0 aromatic heterocycles. The first-order valence-corrected chi connectivity index (χ1v) is 6.86. The normalized spacial score (nSPS) is 14.8. The Morgan fingerprint density at radius 2 is 2.21 bits per heavy atom. The first kappa shape index (κ1) is 13.6. The van der Waals surface area contributed by atoms with Gasteiger partial charge in [-0.1, -0.05) is 12.5 Å². The van der Waals surface area contributed by atoms with Crippen molar-refractivity contribution in [2.24, 2.45) is 5.92 Å². The van der Waals surface area contributed by atoms with Gasteiger partial charge in [0.25, 0.3) is 0 Å². The molecule has 0 bridgehead atoms. The van der Waals surface area contributed by atoms with E-state index in [-0.39, 0.29) is 10.6 Å². The Balaban J connectivity index is 2.26. The van der Waals surface area contributed by atoms with E-state index in [0.717, 1.165) is 6.54 Å². The summed E-state index contributed by atoms with van der Waals surface area (Å²) in [6.45, 7) is 3.52. The molecule has 1 aromatic rings. The summed E-state index contributed by atoms with van der Waals surface area (Å²) in [7, 11) is 1.94. The van der Waals surface area contributed by atoms with Crippen LogP contribution in [0.4, 0.5) is 17.1 Å². The summed E-state index contributed by atoms with van der Waals surface area (Å²) >= 11 is 0. The van der Waals surface area contributed by atoms with Crippen LogP contribution >= 0.6 is 0 Å². The first-order chi connectivity index (χ1) is 9.13. The Morgan fingerprint density at radius 3 is 2.74 bits per heavy atom. The Labute approximate surface area is 113 Å². The number of nitrogens with one attached hydrogen (secondary N) is 1. The smallest absolute Gasteiger partial charge is 0.315 e. The highest BCUT2D eigenvalue weighted by Gasteiger charge is 2.25. The van der Waals surface area contributed by atoms with Gasteiger partial charge >= 0.3 is 5.69 Å². The topological polar surface area (TPSA) is 58.4 Å². The van der Waals surface area contributed by atoms with E-state index in [1.54, 1.807) is 6.07 Å². The number of nitro groups is 1. The fourth-order valence-electron chi connectivity index (χ4n) is 2.53. The maximum absolute atomic E-state index is 11.3. The van der Waals surface area contributed by atoms with Crippen molar-refractivity contribution in [3.05, 3.63) is 28.3 Å². The molecule has 1 aliphatic rings. The van der Waals surface area contributed by atoms with Crippen molar-refractivity contribution in [3.8, 4) is 0 Å². The Bertz CT molecular complexity index is 458. The Morgan fingerprint density at radius 1 is 1.47 bits per heavy atom. The van der Waals surface area contributed by atoms with Crippen LogP contribution in [0, 0.1) is 16.0 Å². The van der Waals surface area contributed by atoms with Crippen LogP contribution in [0.1, 0.15) is 26.2 Å². The van der Waals surface area contributed by atoms with E-state index in [1.165, 1.54) is 19.3 Å². The molecule has 0 aliphatic heterocycles. The third kappa shape index (κ3) is 2.97. The van der Waals surface area contributed by atoms with Crippen molar-refractivity contribution < 1.29 is 4.92 Å². The molecular weight excluding hydrogens is 242 g/mol. The maximum atomic E-state index is 11.3. The molecule has 0 spiro atoms. The largest absolute Gasteiger partial charge is 0.380 e. The number of hydrogen-bond donors (Lipinski definition) is 1. The van der Waals surface area contributed by atoms with Crippen LogP contribution in [0.15, 0.2) is 18.2 Å². The van der Waals surface area contributed by atoms with Crippen molar-refractivity contribution in [2.75, 3.05) is 30.4 Å². The summed E-state index contributed by atoms with van der Waals surface area (Å²) in [5.74, 6) is 0.687. The van der Waals surface area contributed by atoms with Crippen molar-refractivity contribution in [1.29, 1.82) is 0 Å². The lowest BCUT2D eigenvalue weighted by Gasteiger charge is -2.31. The van der Waals surface area contributed by atoms with Gasteiger partial charge in [-0.15, -0.1) is 0 Å². The predicted octanol–water partition coefficient (Wildman–Crippen LogP) is 3.26. The molecule has 5 nitrogen and oxygen atoms in total. The molecule has 0 unspecified atom stereocenters. The molecule has 104 valence electrons. The molecule has 1 N–H and O–H groups in total. The summed E-state index contributed by atoms with van der Waals surface area (Å²) in [6, 6.07) is 5.47. The van der Waals surface area contributed by atoms with Gasteiger partial charge in [0.15, 0.2) is 0 Å². The van der Waals surface area contributed by atoms with E-state index >= 15 is 0 Å². The second-order valence-electron chi connectivity index (χ2n) is 5.14. The van der Waals surface area contributed by atoms with Gasteiger partial charge in [0, 0.05) is 20.1 Å². The molecule has 0 saturated heterocycles. The average Bonchev–Trinajstić information content (AvgIpc) is 2.33. The molecule has 1 saturated carbocycles. The van der Waals surface area contributed by atoms with E-state index in [9.17, 15) is 10.1 Å². The van der Waals surface area contributed by atoms with Crippen molar-refractivity contribution >= 4 is 17.1 Å². The quantitative estimate of drug-likeness (QED) is 0.632. The zero-order valence-electron chi connectivity index (χ0n) is 11.6. The highest BCUT2D eigenvalue weighted by Crippen LogP contribution is 2.36. The van der Waals surface area contributed by atoms with E-state index in [4.69, 9.17) is 0 Å². The second kappa shape index (κ2) is 5.91. The zero-order valence-corrected chi connectivity index (χ0v) is 11.6. The highest BCUT2D eigenvalue weighted by atomic mass is 16.6. The van der Waals surface area contributed by atoms with Crippen LogP contribution in [0.3, 0.4) is 0 Å². The van der Waals surface area contributed by atoms with Crippen LogP contribution in [-0.4, -0.2) is 25.1 Å². The van der Waals surface area contributed by atoms with Crippen LogP contribution in [0.2, 0.25) is 0 Å². The van der Waals surface area contributed by atoms with Crippen molar-refractivity contribution in [2.45, 2.75) is 26.2 Å². The van der Waals surface area contributed by atoms with Gasteiger partial charge in [-0.25, -0.2) is 0 Å². The predicted molar refractivity (Wildman–Crippen MR) is 77.9 cm³/mol. The SMILES string of the molecule is CCNc1cccc(N(C)CC2CCC2)c1[N+](=O)[O-]. The highest BCUT2D eigenvalue weighted by molar-refractivity contribution is 5.76. The number of hydrogen-bond acceptors (Lipinski definition) is 4. The van der Waals surface area contributed by atoms with Gasteiger partial charge in [0.2, 0.25) is 0 Å². The zero-order chi connectivity index (χ0) is 13.8. The number of rotatable bonds is 6. The van der Waals surface area contributed by atoms with Gasteiger partial charge in [-0.2, -0.15) is 0 Å². The molecule has 0 heterocycles. The Kier molecular flexibility index (Phi) is 4.24. The molecule has 1 aromatic carbocycles. The molecule has 5 heteroatoms. The van der Waals surface area contributed by atoms with Crippen LogP contribution in [-0.2, 0) is 0 Å². The standard InChI is InChI=1S/C14H21N3O2/c1-3-15-12-8-5-9-13(14(12)17(18)19)16(2)10-11-6-4-7-11/h5,8-9,11,15H,3-4,6-7,10H2,1-2H3. The number of nitrogens with zero attached hydrogens (tertiary/aromatic N) is 2. The van der Waals surface area contributed by atoms with Gasteiger partial charge in [-0.3, -0.25) is 10.1 Å². The monoisotopic (exact) mass is 263 g/mol. The second-order valence-corrected chi connectivity index (χ2v) is 5.14. The lowest BCUT2D eigenvalue weighted by molar-refractivity contribution is -0.383. The van der Waals surface area contributed by atoms with Gasteiger partial charge in [0.05, 0.1) is 4.92 Å². The summed E-state index contributed by atoms with van der Waals surface area (Å²) in [6.07, 6.45) is 3.77. The lowest BCUT2D eigenvalue weighted by Crippen LogP contribution is -2.29. The molecule has 2 rings (SSSR count). The molecule has 1 fully saturated rings. The lowest BCUT2D eigenvalue weighted by atomic mass is 9.85. The van der Waals surface area contributed by atoms with Crippen LogP contribution in [0.5, 0.6) is 0 Å². The Hall–Kier alpha value is -1.78. The summed E-state index contributed by atoms with van der Waals surface area (Å²) in [5.41, 5.74) is 1.49. The van der Waals surface area contributed by atoms with E-state index in [0.29, 0.717) is 23.8 Å². The number of para-hydroxylation sites is 1. The maximum Gasteiger partial charge on any atom is 0.315 e. The minimum Gasteiger partial charge on any atom is -0.380 e. The fourth-order valence-corrected chi connectivity index (χ4v) is 2.53. The summed E-state index contributed by atoms with van der Waals surface area (Å²) < 4.78 is 0. The number of anilines is 2. The van der Waals surface area contributed by atoms with Gasteiger partial charge in [0.1, 0.15) is 11.4 Å². The number of benzene rings is 1. The molecule has 1 aliphatic carbocycles. The van der Waals surface area contributed by atoms with Crippen LogP contribution < -0.4 is 10.2 Å². The third-order valence-electron chi connectivity index (χ3n) is 3.73.